The maximum atomic E-state index is 13.2. The van der Waals surface area contributed by atoms with Crippen molar-refractivity contribution in [1.29, 1.82) is 0 Å². The zero-order valence-electron chi connectivity index (χ0n) is 10.5. The number of thioether (sulfide) groups is 1. The third kappa shape index (κ3) is 2.49. The molecule has 3 rings (SSSR count). The number of aliphatic carboxylic acids is 1. The van der Waals surface area contributed by atoms with E-state index in [4.69, 9.17) is 16.7 Å². The smallest absolute Gasteiger partial charge is 0.327 e. The minimum Gasteiger partial charge on any atom is -0.480 e. The lowest BCUT2D eigenvalue weighted by Gasteiger charge is -2.19. The lowest BCUT2D eigenvalue weighted by Crippen LogP contribution is -2.41. The molecule has 1 aromatic heterocycles. The van der Waals surface area contributed by atoms with Gasteiger partial charge < -0.3 is 10.0 Å². The Hall–Kier alpha value is -1.31. The summed E-state index contributed by atoms with van der Waals surface area (Å²) >= 11 is 8.66. The molecule has 1 aliphatic heterocycles. The summed E-state index contributed by atoms with van der Waals surface area (Å²) in [6.45, 7) is 0. The van der Waals surface area contributed by atoms with Crippen molar-refractivity contribution < 1.29 is 19.1 Å². The Kier molecular flexibility index (Phi) is 3.81. The number of carboxylic acids is 1. The van der Waals surface area contributed by atoms with E-state index in [2.05, 4.69) is 0 Å². The molecule has 21 heavy (non-hydrogen) atoms. The van der Waals surface area contributed by atoms with Crippen LogP contribution in [0.2, 0.25) is 5.02 Å². The van der Waals surface area contributed by atoms with E-state index in [0.29, 0.717) is 21.7 Å². The van der Waals surface area contributed by atoms with Crippen LogP contribution in [0.1, 0.15) is 9.67 Å². The number of hydrogen-bond acceptors (Lipinski definition) is 4. The van der Waals surface area contributed by atoms with Gasteiger partial charge in [-0.15, -0.1) is 23.1 Å². The molecule has 2 heterocycles. The Morgan fingerprint density at radius 1 is 1.43 bits per heavy atom. The average molecular weight is 346 g/mol. The standard InChI is InChI=1S/C13H9ClFNO3S2/c14-10-7-2-1-6(15)3-9(7)21-11(10)12(17)16-5-20-4-8(16)13(18)19/h1-3,8H,4-5H2,(H,18,19). The number of thiophene rings is 1. The van der Waals surface area contributed by atoms with Crippen LogP contribution in [-0.4, -0.2) is 39.6 Å². The number of rotatable bonds is 2. The topological polar surface area (TPSA) is 57.6 Å². The predicted molar refractivity (Wildman–Crippen MR) is 81.7 cm³/mol. The van der Waals surface area contributed by atoms with Gasteiger partial charge in [-0.1, -0.05) is 11.6 Å². The summed E-state index contributed by atoms with van der Waals surface area (Å²) in [6, 6.07) is 3.27. The van der Waals surface area contributed by atoms with Crippen molar-refractivity contribution in [2.45, 2.75) is 6.04 Å². The predicted octanol–water partition coefficient (Wildman–Crippen LogP) is 3.29. The Balaban J connectivity index is 2.02. The number of fused-ring (bicyclic) bond motifs is 1. The SMILES string of the molecule is O=C(O)C1CSCN1C(=O)c1sc2cc(F)ccc2c1Cl. The molecule has 1 atom stereocenters. The molecule has 0 saturated carbocycles. The van der Waals surface area contributed by atoms with E-state index in [1.807, 2.05) is 0 Å². The average Bonchev–Trinajstić information content (AvgIpc) is 3.03. The van der Waals surface area contributed by atoms with E-state index < -0.39 is 23.7 Å². The zero-order valence-corrected chi connectivity index (χ0v) is 12.9. The van der Waals surface area contributed by atoms with E-state index in [1.54, 1.807) is 0 Å². The summed E-state index contributed by atoms with van der Waals surface area (Å²) in [5, 5.41) is 9.99. The molecular weight excluding hydrogens is 337 g/mol. The van der Waals surface area contributed by atoms with Crippen LogP contribution in [0.25, 0.3) is 10.1 Å². The first kappa shape index (κ1) is 14.6. The summed E-state index contributed by atoms with van der Waals surface area (Å²) < 4.78 is 13.8. The molecule has 1 aliphatic rings. The highest BCUT2D eigenvalue weighted by Crippen LogP contribution is 2.37. The Labute approximate surface area is 132 Å². The molecule has 0 bridgehead atoms. The third-order valence-electron chi connectivity index (χ3n) is 3.21. The van der Waals surface area contributed by atoms with Crippen LogP contribution in [0.5, 0.6) is 0 Å². The molecule has 0 spiro atoms. The fourth-order valence-electron chi connectivity index (χ4n) is 2.15. The minimum atomic E-state index is -1.03. The van der Waals surface area contributed by atoms with Gasteiger partial charge in [0.05, 0.1) is 10.9 Å². The zero-order chi connectivity index (χ0) is 15.1. The van der Waals surface area contributed by atoms with Gasteiger partial charge in [0.15, 0.2) is 0 Å². The van der Waals surface area contributed by atoms with Crippen molar-refractivity contribution in [2.24, 2.45) is 0 Å². The van der Waals surface area contributed by atoms with E-state index >= 15 is 0 Å². The molecule has 0 radical (unpaired) electrons. The summed E-state index contributed by atoms with van der Waals surface area (Å²) in [5.41, 5.74) is 0. The van der Waals surface area contributed by atoms with E-state index in [-0.39, 0.29) is 9.90 Å². The second-order valence-electron chi connectivity index (χ2n) is 4.51. The third-order valence-corrected chi connectivity index (χ3v) is 5.87. The summed E-state index contributed by atoms with van der Waals surface area (Å²) in [4.78, 5) is 25.2. The first-order valence-electron chi connectivity index (χ1n) is 5.98. The number of carbonyl (C=O) groups excluding carboxylic acids is 1. The molecule has 1 amide bonds. The highest BCUT2D eigenvalue weighted by Gasteiger charge is 2.36. The molecule has 1 aromatic carbocycles. The number of nitrogens with zero attached hydrogens (tertiary/aromatic N) is 1. The Morgan fingerprint density at radius 3 is 2.90 bits per heavy atom. The van der Waals surface area contributed by atoms with Crippen molar-refractivity contribution in [1.82, 2.24) is 4.90 Å². The highest BCUT2D eigenvalue weighted by atomic mass is 35.5. The fraction of sp³-hybridized carbons (Fsp3) is 0.231. The number of carbonyl (C=O) groups is 2. The number of hydrogen-bond donors (Lipinski definition) is 1. The molecule has 0 aliphatic carbocycles. The van der Waals surface area contributed by atoms with Crippen LogP contribution in [0.15, 0.2) is 18.2 Å². The highest BCUT2D eigenvalue weighted by molar-refractivity contribution is 7.99. The molecule has 2 aromatic rings. The van der Waals surface area contributed by atoms with Crippen molar-refractivity contribution in [3.63, 3.8) is 0 Å². The monoisotopic (exact) mass is 345 g/mol. The summed E-state index contributed by atoms with van der Waals surface area (Å²) in [6.07, 6.45) is 0. The first-order valence-corrected chi connectivity index (χ1v) is 8.33. The summed E-state index contributed by atoms with van der Waals surface area (Å²) in [7, 11) is 0. The van der Waals surface area contributed by atoms with Crippen molar-refractivity contribution in [3.05, 3.63) is 33.9 Å². The number of benzene rings is 1. The molecule has 1 fully saturated rings. The van der Waals surface area contributed by atoms with Crippen LogP contribution < -0.4 is 0 Å². The van der Waals surface area contributed by atoms with Crippen LogP contribution in [0.4, 0.5) is 4.39 Å². The first-order chi connectivity index (χ1) is 9.99. The molecular formula is C13H9ClFNO3S2. The lowest BCUT2D eigenvalue weighted by molar-refractivity contribution is -0.140. The molecule has 1 saturated heterocycles. The van der Waals surface area contributed by atoms with Gasteiger partial charge in [-0.3, -0.25) is 4.79 Å². The Bertz CT molecular complexity index is 748. The van der Waals surface area contributed by atoms with Gasteiger partial charge in [0.25, 0.3) is 5.91 Å². The quantitative estimate of drug-likeness (QED) is 0.907. The van der Waals surface area contributed by atoms with Crippen molar-refractivity contribution in [2.75, 3.05) is 11.6 Å². The van der Waals surface area contributed by atoms with Crippen LogP contribution in [0.3, 0.4) is 0 Å². The Morgan fingerprint density at radius 2 is 2.19 bits per heavy atom. The van der Waals surface area contributed by atoms with Gasteiger partial charge in [-0.05, 0) is 18.2 Å². The van der Waals surface area contributed by atoms with Gasteiger partial charge >= 0.3 is 5.97 Å². The van der Waals surface area contributed by atoms with Gasteiger partial charge in [0.2, 0.25) is 0 Å². The van der Waals surface area contributed by atoms with E-state index in [0.717, 1.165) is 11.3 Å². The van der Waals surface area contributed by atoms with Gasteiger partial charge in [0.1, 0.15) is 16.7 Å². The maximum Gasteiger partial charge on any atom is 0.327 e. The lowest BCUT2D eigenvalue weighted by atomic mass is 10.2. The molecule has 1 N–H and O–H groups in total. The minimum absolute atomic E-state index is 0.251. The number of halogens is 2. The van der Waals surface area contributed by atoms with Gasteiger partial charge in [-0.25, -0.2) is 9.18 Å². The second-order valence-corrected chi connectivity index (χ2v) is 6.94. The van der Waals surface area contributed by atoms with E-state index in [9.17, 15) is 14.0 Å². The van der Waals surface area contributed by atoms with E-state index in [1.165, 1.54) is 34.9 Å². The second kappa shape index (κ2) is 5.47. The van der Waals surface area contributed by atoms with Gasteiger partial charge in [0, 0.05) is 15.8 Å². The number of amides is 1. The fourth-order valence-corrected chi connectivity index (χ4v) is 4.79. The molecule has 110 valence electrons. The largest absolute Gasteiger partial charge is 0.480 e. The van der Waals surface area contributed by atoms with Crippen LogP contribution in [0, 0.1) is 5.82 Å². The molecule has 1 unspecified atom stereocenters. The van der Waals surface area contributed by atoms with Crippen molar-refractivity contribution >= 4 is 56.7 Å². The van der Waals surface area contributed by atoms with Crippen LogP contribution in [-0.2, 0) is 4.79 Å². The van der Waals surface area contributed by atoms with Gasteiger partial charge in [-0.2, -0.15) is 0 Å². The normalized spacial score (nSPS) is 18.4. The molecule has 8 heteroatoms. The summed E-state index contributed by atoms with van der Waals surface area (Å²) in [5.74, 6) is -1.18. The van der Waals surface area contributed by atoms with Crippen LogP contribution >= 0.6 is 34.7 Å². The molecule has 4 nitrogen and oxygen atoms in total. The number of carboxylic acid groups (broad SMARTS) is 1. The maximum absolute atomic E-state index is 13.2. The van der Waals surface area contributed by atoms with Crippen molar-refractivity contribution in [3.8, 4) is 0 Å².